The third-order valence-electron chi connectivity index (χ3n) is 5.54. The van der Waals surface area contributed by atoms with Crippen molar-refractivity contribution in [3.8, 4) is 0 Å². The van der Waals surface area contributed by atoms with Crippen molar-refractivity contribution in [3.05, 3.63) is 18.0 Å². The first-order valence-electron chi connectivity index (χ1n) is 7.94. The Morgan fingerprint density at radius 1 is 1.21 bits per heavy atom. The first kappa shape index (κ1) is 13.2. The van der Waals surface area contributed by atoms with E-state index in [9.17, 15) is 0 Å². The number of aryl methyl sites for hydroxylation is 1. The fourth-order valence-electron chi connectivity index (χ4n) is 4.53. The molecule has 2 saturated carbocycles. The highest BCUT2D eigenvalue weighted by atomic mass is 15.3. The Morgan fingerprint density at radius 3 is 2.68 bits per heavy atom. The van der Waals surface area contributed by atoms with Crippen LogP contribution in [0.1, 0.15) is 56.7 Å². The van der Waals surface area contributed by atoms with Gasteiger partial charge < -0.3 is 5.32 Å². The summed E-state index contributed by atoms with van der Waals surface area (Å²) in [5.41, 5.74) is 1.35. The summed E-state index contributed by atoms with van der Waals surface area (Å²) < 4.78 is 2.04. The Morgan fingerprint density at radius 2 is 2.00 bits per heavy atom. The molecule has 0 aliphatic heterocycles. The average Bonchev–Trinajstić information content (AvgIpc) is 2.86. The zero-order valence-electron chi connectivity index (χ0n) is 12.3. The molecule has 0 amide bonds. The molecule has 4 unspecified atom stereocenters. The van der Waals surface area contributed by atoms with Crippen molar-refractivity contribution < 1.29 is 0 Å². The molecule has 0 saturated heterocycles. The van der Waals surface area contributed by atoms with E-state index in [4.69, 9.17) is 0 Å². The van der Waals surface area contributed by atoms with Gasteiger partial charge in [-0.25, -0.2) is 0 Å². The van der Waals surface area contributed by atoms with Crippen molar-refractivity contribution in [2.45, 2.75) is 51.0 Å². The van der Waals surface area contributed by atoms with Crippen LogP contribution in [0.15, 0.2) is 12.3 Å². The van der Waals surface area contributed by atoms with E-state index >= 15 is 0 Å². The highest BCUT2D eigenvalue weighted by Crippen LogP contribution is 2.45. The van der Waals surface area contributed by atoms with Crippen molar-refractivity contribution in [1.29, 1.82) is 0 Å². The summed E-state index contributed by atoms with van der Waals surface area (Å²) in [7, 11) is 4.16. The van der Waals surface area contributed by atoms with Gasteiger partial charge in [-0.2, -0.15) is 5.10 Å². The van der Waals surface area contributed by atoms with Crippen LogP contribution in [-0.4, -0.2) is 16.8 Å². The molecule has 0 radical (unpaired) electrons. The first-order chi connectivity index (χ1) is 9.29. The van der Waals surface area contributed by atoms with Gasteiger partial charge in [-0.3, -0.25) is 4.68 Å². The van der Waals surface area contributed by atoms with E-state index in [1.807, 2.05) is 10.9 Å². The van der Waals surface area contributed by atoms with E-state index in [0.717, 1.165) is 17.8 Å². The monoisotopic (exact) mass is 261 g/mol. The Balaban J connectivity index is 1.72. The van der Waals surface area contributed by atoms with E-state index in [1.165, 1.54) is 50.6 Å². The van der Waals surface area contributed by atoms with E-state index in [-0.39, 0.29) is 0 Å². The molecule has 1 aromatic rings. The van der Waals surface area contributed by atoms with Gasteiger partial charge in [0.15, 0.2) is 0 Å². The van der Waals surface area contributed by atoms with Crippen LogP contribution < -0.4 is 5.32 Å². The van der Waals surface area contributed by atoms with Crippen LogP contribution in [0.2, 0.25) is 0 Å². The van der Waals surface area contributed by atoms with Crippen molar-refractivity contribution in [2.75, 3.05) is 7.05 Å². The van der Waals surface area contributed by atoms with Crippen LogP contribution in [0, 0.1) is 17.8 Å². The van der Waals surface area contributed by atoms with Crippen LogP contribution in [0.4, 0.5) is 0 Å². The van der Waals surface area contributed by atoms with Gasteiger partial charge in [-0.15, -0.1) is 0 Å². The van der Waals surface area contributed by atoms with Gasteiger partial charge in [0.1, 0.15) is 0 Å². The lowest BCUT2D eigenvalue weighted by Gasteiger charge is -2.41. The number of aromatic nitrogens is 2. The maximum Gasteiger partial charge on any atom is 0.0553 e. The number of rotatable bonds is 3. The number of hydrogen-bond acceptors (Lipinski definition) is 2. The standard InChI is InChI=1S/C16H27N3/c1-17-16(15-9-10-18-19(15)2)14-8-7-12-5-3-4-6-13(12)11-14/h9-10,12-14,16-17H,3-8,11H2,1-2H3. The molecule has 0 aromatic carbocycles. The van der Waals surface area contributed by atoms with E-state index in [0.29, 0.717) is 6.04 Å². The minimum absolute atomic E-state index is 0.482. The van der Waals surface area contributed by atoms with Crippen molar-refractivity contribution >= 4 is 0 Å². The van der Waals surface area contributed by atoms with E-state index in [2.05, 4.69) is 30.6 Å². The second kappa shape index (κ2) is 5.66. The van der Waals surface area contributed by atoms with Crippen molar-refractivity contribution in [2.24, 2.45) is 24.8 Å². The highest BCUT2D eigenvalue weighted by Gasteiger charge is 2.36. The predicted molar refractivity (Wildman–Crippen MR) is 77.8 cm³/mol. The number of nitrogens with zero attached hydrogens (tertiary/aromatic N) is 2. The molecule has 2 aliphatic rings. The first-order valence-corrected chi connectivity index (χ1v) is 7.94. The fraction of sp³-hybridized carbons (Fsp3) is 0.812. The summed E-state index contributed by atoms with van der Waals surface area (Å²) in [4.78, 5) is 0. The van der Waals surface area contributed by atoms with Crippen LogP contribution in [-0.2, 0) is 7.05 Å². The quantitative estimate of drug-likeness (QED) is 0.905. The summed E-state index contributed by atoms with van der Waals surface area (Å²) in [6.45, 7) is 0. The summed E-state index contributed by atoms with van der Waals surface area (Å²) in [6.07, 6.45) is 12.1. The molecule has 3 heteroatoms. The highest BCUT2D eigenvalue weighted by molar-refractivity contribution is 5.09. The lowest BCUT2D eigenvalue weighted by atomic mass is 9.66. The zero-order chi connectivity index (χ0) is 13.2. The van der Waals surface area contributed by atoms with Crippen LogP contribution in [0.5, 0.6) is 0 Å². The molecular weight excluding hydrogens is 234 g/mol. The van der Waals surface area contributed by atoms with Gasteiger partial charge in [0, 0.05) is 13.2 Å². The average molecular weight is 261 g/mol. The number of nitrogens with one attached hydrogen (secondary N) is 1. The number of hydrogen-bond donors (Lipinski definition) is 1. The van der Waals surface area contributed by atoms with Crippen LogP contribution in [0.25, 0.3) is 0 Å². The molecule has 1 N–H and O–H groups in total. The van der Waals surface area contributed by atoms with E-state index in [1.54, 1.807) is 0 Å². The second-order valence-electron chi connectivity index (χ2n) is 6.52. The third-order valence-corrected chi connectivity index (χ3v) is 5.54. The van der Waals surface area contributed by atoms with Crippen molar-refractivity contribution in [3.63, 3.8) is 0 Å². The smallest absolute Gasteiger partial charge is 0.0553 e. The minimum Gasteiger partial charge on any atom is -0.311 e. The Kier molecular flexibility index (Phi) is 3.92. The lowest BCUT2D eigenvalue weighted by molar-refractivity contribution is 0.109. The molecule has 0 spiro atoms. The summed E-state index contributed by atoms with van der Waals surface area (Å²) in [5.74, 6) is 2.82. The van der Waals surface area contributed by atoms with Gasteiger partial charge >= 0.3 is 0 Å². The summed E-state index contributed by atoms with van der Waals surface area (Å²) in [6, 6.07) is 2.66. The molecule has 106 valence electrons. The molecule has 1 aromatic heterocycles. The van der Waals surface area contributed by atoms with Crippen LogP contribution >= 0.6 is 0 Å². The molecule has 3 nitrogen and oxygen atoms in total. The normalized spacial score (nSPS) is 32.8. The lowest BCUT2D eigenvalue weighted by Crippen LogP contribution is -2.35. The second-order valence-corrected chi connectivity index (χ2v) is 6.52. The Bertz CT molecular complexity index is 412. The maximum atomic E-state index is 4.34. The van der Waals surface area contributed by atoms with Gasteiger partial charge in [0.2, 0.25) is 0 Å². The predicted octanol–water partition coefficient (Wildman–Crippen LogP) is 3.29. The minimum atomic E-state index is 0.482. The molecule has 0 bridgehead atoms. The van der Waals surface area contributed by atoms with Crippen LogP contribution in [0.3, 0.4) is 0 Å². The summed E-state index contributed by atoms with van der Waals surface area (Å²) >= 11 is 0. The fourth-order valence-corrected chi connectivity index (χ4v) is 4.53. The SMILES string of the molecule is CNC(c1ccnn1C)C1CCC2CCCCC2C1. The Labute approximate surface area is 116 Å². The Hall–Kier alpha value is -0.830. The molecule has 2 fully saturated rings. The molecule has 3 rings (SSSR count). The maximum absolute atomic E-state index is 4.34. The molecule has 19 heavy (non-hydrogen) atoms. The van der Waals surface area contributed by atoms with Gasteiger partial charge in [0.05, 0.1) is 11.7 Å². The van der Waals surface area contributed by atoms with E-state index < -0.39 is 0 Å². The summed E-state index contributed by atoms with van der Waals surface area (Å²) in [5, 5.41) is 7.89. The molecular formula is C16H27N3. The third kappa shape index (κ3) is 2.58. The van der Waals surface area contributed by atoms with Gasteiger partial charge in [-0.05, 0) is 50.1 Å². The molecule has 1 heterocycles. The number of fused-ring (bicyclic) bond motifs is 1. The van der Waals surface area contributed by atoms with Gasteiger partial charge in [0.25, 0.3) is 0 Å². The zero-order valence-corrected chi connectivity index (χ0v) is 12.3. The van der Waals surface area contributed by atoms with Crippen molar-refractivity contribution in [1.82, 2.24) is 15.1 Å². The largest absolute Gasteiger partial charge is 0.311 e. The van der Waals surface area contributed by atoms with Gasteiger partial charge in [-0.1, -0.05) is 25.7 Å². The molecule has 4 atom stereocenters. The topological polar surface area (TPSA) is 29.9 Å². The molecule has 2 aliphatic carbocycles.